The van der Waals surface area contributed by atoms with Crippen LogP contribution in [0.25, 0.3) is 0 Å². The van der Waals surface area contributed by atoms with E-state index in [1.807, 2.05) is 48.5 Å². The lowest BCUT2D eigenvalue weighted by molar-refractivity contribution is 0.184. The number of hydrogen-bond acceptors (Lipinski definition) is 3. The van der Waals surface area contributed by atoms with E-state index in [0.717, 1.165) is 16.7 Å². The van der Waals surface area contributed by atoms with Crippen molar-refractivity contribution in [1.82, 2.24) is 0 Å². The fraction of sp³-hybridized carbons (Fsp3) is 0.250. The number of methoxy groups -OCH3 is 2. The number of hydrogen-bond donors (Lipinski definition) is 1. The van der Waals surface area contributed by atoms with E-state index < -0.39 is 6.10 Å². The summed E-state index contributed by atoms with van der Waals surface area (Å²) in [6.45, 7) is 0.534. The zero-order valence-corrected chi connectivity index (χ0v) is 11.2. The highest BCUT2D eigenvalue weighted by molar-refractivity contribution is 5.40. The second-order valence-electron chi connectivity index (χ2n) is 4.32. The molecule has 2 rings (SSSR count). The molecule has 2 aromatic carbocycles. The van der Waals surface area contributed by atoms with Crippen molar-refractivity contribution in [2.24, 2.45) is 0 Å². The van der Waals surface area contributed by atoms with Gasteiger partial charge in [0.25, 0.3) is 0 Å². The summed E-state index contributed by atoms with van der Waals surface area (Å²) in [5.41, 5.74) is 2.63. The van der Waals surface area contributed by atoms with Crippen LogP contribution >= 0.6 is 0 Å². The molecule has 0 bridgehead atoms. The van der Waals surface area contributed by atoms with Gasteiger partial charge >= 0.3 is 0 Å². The van der Waals surface area contributed by atoms with Crippen molar-refractivity contribution < 1.29 is 14.6 Å². The van der Waals surface area contributed by atoms with E-state index in [4.69, 9.17) is 9.47 Å². The Bertz CT molecular complexity index is 537. The normalized spacial score (nSPS) is 12.2. The predicted octanol–water partition coefficient (Wildman–Crippen LogP) is 2.92. The molecule has 1 atom stereocenters. The van der Waals surface area contributed by atoms with E-state index in [-0.39, 0.29) is 0 Å². The third-order valence-corrected chi connectivity index (χ3v) is 3.01. The molecule has 100 valence electrons. The lowest BCUT2D eigenvalue weighted by Crippen LogP contribution is -2.03. The zero-order chi connectivity index (χ0) is 13.7. The van der Waals surface area contributed by atoms with Crippen LogP contribution in [-0.4, -0.2) is 19.3 Å². The maximum atomic E-state index is 10.5. The highest BCUT2D eigenvalue weighted by Gasteiger charge is 2.15. The summed E-state index contributed by atoms with van der Waals surface area (Å²) in [5.74, 6) is 0.687. The first-order chi connectivity index (χ1) is 9.26. The first-order valence-corrected chi connectivity index (χ1v) is 6.15. The Kier molecular flexibility index (Phi) is 4.55. The smallest absolute Gasteiger partial charge is 0.125 e. The third-order valence-electron chi connectivity index (χ3n) is 3.01. The molecule has 2 aromatic rings. The lowest BCUT2D eigenvalue weighted by Gasteiger charge is -2.15. The van der Waals surface area contributed by atoms with Gasteiger partial charge in [-0.25, -0.2) is 0 Å². The van der Waals surface area contributed by atoms with Crippen LogP contribution in [0.4, 0.5) is 0 Å². The number of aliphatic hydroxyl groups excluding tert-OH is 1. The molecule has 0 heterocycles. The molecule has 0 aliphatic rings. The van der Waals surface area contributed by atoms with Gasteiger partial charge in [0.15, 0.2) is 0 Å². The van der Waals surface area contributed by atoms with Gasteiger partial charge in [-0.05, 0) is 17.2 Å². The molecule has 3 heteroatoms. The Labute approximate surface area is 113 Å². The zero-order valence-electron chi connectivity index (χ0n) is 11.2. The lowest BCUT2D eigenvalue weighted by atomic mass is 9.99. The minimum Gasteiger partial charge on any atom is -0.496 e. The summed E-state index contributed by atoms with van der Waals surface area (Å²) in [7, 11) is 3.26. The summed E-state index contributed by atoms with van der Waals surface area (Å²) in [5, 5.41) is 10.5. The van der Waals surface area contributed by atoms with Crippen molar-refractivity contribution in [3.8, 4) is 5.75 Å². The van der Waals surface area contributed by atoms with Crippen molar-refractivity contribution >= 4 is 0 Å². The Hall–Kier alpha value is -1.84. The van der Waals surface area contributed by atoms with Gasteiger partial charge in [0.1, 0.15) is 11.9 Å². The van der Waals surface area contributed by atoms with E-state index in [1.54, 1.807) is 14.2 Å². The topological polar surface area (TPSA) is 38.7 Å². The molecular formula is C16H18O3. The Balaban J connectivity index is 2.32. The van der Waals surface area contributed by atoms with Crippen molar-refractivity contribution in [2.75, 3.05) is 14.2 Å². The summed E-state index contributed by atoms with van der Waals surface area (Å²) >= 11 is 0. The van der Waals surface area contributed by atoms with Crippen LogP contribution in [0.5, 0.6) is 5.75 Å². The summed E-state index contributed by atoms with van der Waals surface area (Å²) in [6.07, 6.45) is -0.701. The van der Waals surface area contributed by atoms with E-state index in [9.17, 15) is 5.11 Å². The largest absolute Gasteiger partial charge is 0.496 e. The molecule has 0 saturated heterocycles. The third kappa shape index (κ3) is 3.13. The molecule has 0 radical (unpaired) electrons. The molecule has 0 saturated carbocycles. The Morgan fingerprint density at radius 3 is 2.58 bits per heavy atom. The second kappa shape index (κ2) is 6.36. The van der Waals surface area contributed by atoms with Crippen molar-refractivity contribution in [3.05, 3.63) is 65.2 Å². The monoisotopic (exact) mass is 258 g/mol. The highest BCUT2D eigenvalue weighted by atomic mass is 16.5. The Morgan fingerprint density at radius 2 is 1.84 bits per heavy atom. The molecule has 0 fully saturated rings. The van der Waals surface area contributed by atoms with E-state index in [2.05, 4.69) is 0 Å². The fourth-order valence-electron chi connectivity index (χ4n) is 2.09. The molecule has 3 nitrogen and oxygen atoms in total. The van der Waals surface area contributed by atoms with Crippen molar-refractivity contribution in [2.45, 2.75) is 12.7 Å². The number of ether oxygens (including phenoxy) is 2. The van der Waals surface area contributed by atoms with Gasteiger partial charge in [0, 0.05) is 12.7 Å². The van der Waals surface area contributed by atoms with Crippen LogP contribution in [0.3, 0.4) is 0 Å². The molecule has 19 heavy (non-hydrogen) atoms. The minimum atomic E-state index is -0.701. The van der Waals surface area contributed by atoms with E-state index in [1.165, 1.54) is 0 Å². The highest BCUT2D eigenvalue weighted by Crippen LogP contribution is 2.29. The van der Waals surface area contributed by atoms with Crippen molar-refractivity contribution in [1.29, 1.82) is 0 Å². The first kappa shape index (κ1) is 13.6. The Morgan fingerprint density at radius 1 is 1.05 bits per heavy atom. The number of rotatable bonds is 5. The van der Waals surface area contributed by atoms with Crippen LogP contribution in [0, 0.1) is 0 Å². The summed E-state index contributed by atoms with van der Waals surface area (Å²) in [6, 6.07) is 15.2. The fourth-order valence-corrected chi connectivity index (χ4v) is 2.09. The van der Waals surface area contributed by atoms with Gasteiger partial charge in [-0.2, -0.15) is 0 Å². The first-order valence-electron chi connectivity index (χ1n) is 6.15. The number of aliphatic hydroxyl groups is 1. The molecular weight excluding hydrogens is 240 g/mol. The van der Waals surface area contributed by atoms with Gasteiger partial charge < -0.3 is 14.6 Å². The van der Waals surface area contributed by atoms with Crippen LogP contribution < -0.4 is 4.74 Å². The predicted molar refractivity (Wildman–Crippen MR) is 74.2 cm³/mol. The minimum absolute atomic E-state index is 0.534. The molecule has 0 aliphatic carbocycles. The van der Waals surface area contributed by atoms with E-state index in [0.29, 0.717) is 12.4 Å². The number of benzene rings is 2. The van der Waals surface area contributed by atoms with Crippen LogP contribution in [0.1, 0.15) is 22.8 Å². The van der Waals surface area contributed by atoms with Crippen LogP contribution in [0.15, 0.2) is 48.5 Å². The molecule has 1 unspecified atom stereocenters. The maximum Gasteiger partial charge on any atom is 0.125 e. The number of para-hydroxylation sites is 1. The van der Waals surface area contributed by atoms with Gasteiger partial charge in [0.05, 0.1) is 13.7 Å². The second-order valence-corrected chi connectivity index (χ2v) is 4.32. The molecule has 1 N–H and O–H groups in total. The molecule has 0 amide bonds. The maximum absolute atomic E-state index is 10.5. The quantitative estimate of drug-likeness (QED) is 0.896. The van der Waals surface area contributed by atoms with Gasteiger partial charge in [-0.3, -0.25) is 0 Å². The average molecular weight is 258 g/mol. The van der Waals surface area contributed by atoms with Crippen LogP contribution in [-0.2, 0) is 11.3 Å². The molecule has 0 spiro atoms. The SMILES string of the molecule is COCc1cccc(C(O)c2ccccc2OC)c1. The molecule has 0 aromatic heterocycles. The average Bonchev–Trinajstić information content (AvgIpc) is 2.47. The van der Waals surface area contributed by atoms with Crippen molar-refractivity contribution in [3.63, 3.8) is 0 Å². The van der Waals surface area contributed by atoms with E-state index >= 15 is 0 Å². The molecule has 0 aliphatic heterocycles. The summed E-state index contributed by atoms with van der Waals surface area (Å²) < 4.78 is 10.4. The van der Waals surface area contributed by atoms with Gasteiger partial charge in [-0.15, -0.1) is 0 Å². The summed E-state index contributed by atoms with van der Waals surface area (Å²) in [4.78, 5) is 0. The van der Waals surface area contributed by atoms with Crippen LogP contribution in [0.2, 0.25) is 0 Å². The van der Waals surface area contributed by atoms with Gasteiger partial charge in [0.2, 0.25) is 0 Å². The standard InChI is InChI=1S/C16H18O3/c1-18-11-12-6-5-7-13(10-12)16(17)14-8-3-4-9-15(14)19-2/h3-10,16-17H,11H2,1-2H3. The van der Waals surface area contributed by atoms with Gasteiger partial charge in [-0.1, -0.05) is 42.5 Å².